The van der Waals surface area contributed by atoms with E-state index in [1.54, 1.807) is 0 Å². The zero-order valence-electron chi connectivity index (χ0n) is 8.29. The fraction of sp³-hybridized carbons (Fsp3) is 0.800. The van der Waals surface area contributed by atoms with Crippen molar-refractivity contribution in [3.63, 3.8) is 0 Å². The van der Waals surface area contributed by atoms with Gasteiger partial charge in [0.15, 0.2) is 0 Å². The summed E-state index contributed by atoms with van der Waals surface area (Å²) in [4.78, 5) is 24.7. The molecule has 1 N–H and O–H groups in total. The number of hydrogen-bond acceptors (Lipinski definition) is 3. The van der Waals surface area contributed by atoms with E-state index in [-0.39, 0.29) is 17.9 Å². The van der Waals surface area contributed by atoms with Gasteiger partial charge in [-0.25, -0.2) is 0 Å². The van der Waals surface area contributed by atoms with Crippen LogP contribution >= 0.6 is 0 Å². The maximum absolute atomic E-state index is 11.6. The molecule has 0 aromatic rings. The standard InChI is InChI=1S/C10H16N2O2/c13-8-4-5-11-9(7-8)12-6-2-1-3-10(12)14/h9,11H,1-7H2. The van der Waals surface area contributed by atoms with Gasteiger partial charge in [0.2, 0.25) is 5.91 Å². The van der Waals surface area contributed by atoms with Gasteiger partial charge in [-0.3, -0.25) is 14.9 Å². The molecule has 0 radical (unpaired) electrons. The third kappa shape index (κ3) is 1.95. The molecule has 1 amide bonds. The van der Waals surface area contributed by atoms with Gasteiger partial charge >= 0.3 is 0 Å². The first-order valence-electron chi connectivity index (χ1n) is 5.32. The molecule has 2 saturated heterocycles. The first-order valence-corrected chi connectivity index (χ1v) is 5.32. The lowest BCUT2D eigenvalue weighted by molar-refractivity contribution is -0.138. The Bertz CT molecular complexity index is 253. The van der Waals surface area contributed by atoms with Crippen LogP contribution < -0.4 is 5.32 Å². The monoisotopic (exact) mass is 196 g/mol. The fourth-order valence-corrected chi connectivity index (χ4v) is 2.14. The number of carbonyl (C=O) groups is 2. The normalized spacial score (nSPS) is 29.4. The number of Topliss-reactive ketones (excluding diaryl/α,β-unsaturated/α-hetero) is 1. The zero-order valence-corrected chi connectivity index (χ0v) is 8.29. The Morgan fingerprint density at radius 2 is 2.07 bits per heavy atom. The third-order valence-electron chi connectivity index (χ3n) is 2.94. The van der Waals surface area contributed by atoms with Crippen LogP contribution in [0.3, 0.4) is 0 Å². The van der Waals surface area contributed by atoms with Gasteiger partial charge in [-0.05, 0) is 12.8 Å². The molecule has 0 spiro atoms. The van der Waals surface area contributed by atoms with Crippen molar-refractivity contribution >= 4 is 11.7 Å². The van der Waals surface area contributed by atoms with Gasteiger partial charge in [-0.2, -0.15) is 0 Å². The molecule has 2 fully saturated rings. The molecule has 1 unspecified atom stereocenters. The van der Waals surface area contributed by atoms with Crippen molar-refractivity contribution in [2.24, 2.45) is 0 Å². The maximum atomic E-state index is 11.6. The van der Waals surface area contributed by atoms with Crippen LogP contribution in [0.5, 0.6) is 0 Å². The third-order valence-corrected chi connectivity index (χ3v) is 2.94. The average Bonchev–Trinajstić information content (AvgIpc) is 2.18. The van der Waals surface area contributed by atoms with E-state index in [1.807, 2.05) is 4.90 Å². The van der Waals surface area contributed by atoms with Crippen molar-refractivity contribution in [2.75, 3.05) is 13.1 Å². The van der Waals surface area contributed by atoms with Crippen LogP contribution in [0.4, 0.5) is 0 Å². The lowest BCUT2D eigenvalue weighted by Crippen LogP contribution is -2.54. The van der Waals surface area contributed by atoms with Gasteiger partial charge in [0.25, 0.3) is 0 Å². The quantitative estimate of drug-likeness (QED) is 0.655. The number of amides is 1. The second-order valence-electron chi connectivity index (χ2n) is 4.01. The van der Waals surface area contributed by atoms with Gasteiger partial charge in [0.1, 0.15) is 5.78 Å². The average molecular weight is 196 g/mol. The lowest BCUT2D eigenvalue weighted by atomic mass is 10.0. The molecule has 78 valence electrons. The Balaban J connectivity index is 1.98. The second kappa shape index (κ2) is 4.09. The number of hydrogen-bond donors (Lipinski definition) is 1. The van der Waals surface area contributed by atoms with E-state index in [4.69, 9.17) is 0 Å². The molecular formula is C10H16N2O2. The van der Waals surface area contributed by atoms with Crippen LogP contribution in [0.25, 0.3) is 0 Å². The summed E-state index contributed by atoms with van der Waals surface area (Å²) in [5.41, 5.74) is 0. The summed E-state index contributed by atoms with van der Waals surface area (Å²) in [5.74, 6) is 0.468. The van der Waals surface area contributed by atoms with E-state index >= 15 is 0 Å². The summed E-state index contributed by atoms with van der Waals surface area (Å²) in [7, 11) is 0. The van der Waals surface area contributed by atoms with Crippen LogP contribution in [0.2, 0.25) is 0 Å². The van der Waals surface area contributed by atoms with Gasteiger partial charge in [0, 0.05) is 32.4 Å². The number of nitrogens with one attached hydrogen (secondary N) is 1. The van der Waals surface area contributed by atoms with Crippen molar-refractivity contribution in [1.29, 1.82) is 0 Å². The smallest absolute Gasteiger partial charge is 0.223 e. The molecule has 0 aliphatic carbocycles. The van der Waals surface area contributed by atoms with Gasteiger partial charge in [0.05, 0.1) is 6.17 Å². The predicted octanol–water partition coefficient (Wildman–Crippen LogP) is 0.277. The van der Waals surface area contributed by atoms with Crippen LogP contribution in [-0.4, -0.2) is 35.8 Å². The molecular weight excluding hydrogens is 180 g/mol. The maximum Gasteiger partial charge on any atom is 0.223 e. The Morgan fingerprint density at radius 3 is 2.79 bits per heavy atom. The summed E-state index contributed by atoms with van der Waals surface area (Å²) in [6.07, 6.45) is 3.79. The van der Waals surface area contributed by atoms with Gasteiger partial charge in [-0.1, -0.05) is 0 Å². The van der Waals surface area contributed by atoms with E-state index in [0.29, 0.717) is 25.8 Å². The number of nitrogens with zero attached hydrogens (tertiary/aromatic N) is 1. The number of likely N-dealkylation sites (tertiary alicyclic amines) is 1. The highest BCUT2D eigenvalue weighted by molar-refractivity contribution is 5.82. The van der Waals surface area contributed by atoms with Crippen LogP contribution in [0, 0.1) is 0 Å². The van der Waals surface area contributed by atoms with Gasteiger partial charge < -0.3 is 4.90 Å². The number of ketones is 1. The minimum atomic E-state index is -0.0240. The first kappa shape index (κ1) is 9.65. The Hall–Kier alpha value is -0.900. The molecule has 0 saturated carbocycles. The molecule has 2 rings (SSSR count). The van der Waals surface area contributed by atoms with E-state index in [0.717, 1.165) is 19.4 Å². The van der Waals surface area contributed by atoms with Crippen LogP contribution in [0.15, 0.2) is 0 Å². The van der Waals surface area contributed by atoms with E-state index in [2.05, 4.69) is 5.32 Å². The van der Waals surface area contributed by atoms with E-state index in [9.17, 15) is 9.59 Å². The molecule has 2 heterocycles. The van der Waals surface area contributed by atoms with E-state index in [1.165, 1.54) is 0 Å². The molecule has 0 bridgehead atoms. The summed E-state index contributed by atoms with van der Waals surface area (Å²) < 4.78 is 0. The fourth-order valence-electron chi connectivity index (χ4n) is 2.14. The van der Waals surface area contributed by atoms with Gasteiger partial charge in [-0.15, -0.1) is 0 Å². The molecule has 4 nitrogen and oxygen atoms in total. The summed E-state index contributed by atoms with van der Waals surface area (Å²) in [6, 6.07) is 0. The summed E-state index contributed by atoms with van der Waals surface area (Å²) >= 11 is 0. The highest BCUT2D eigenvalue weighted by Crippen LogP contribution is 2.16. The Labute approximate surface area is 83.6 Å². The van der Waals surface area contributed by atoms with Crippen molar-refractivity contribution < 1.29 is 9.59 Å². The molecule has 1 atom stereocenters. The highest BCUT2D eigenvalue weighted by Gasteiger charge is 2.29. The van der Waals surface area contributed by atoms with Crippen LogP contribution in [-0.2, 0) is 9.59 Å². The molecule has 0 aromatic carbocycles. The van der Waals surface area contributed by atoms with Crippen molar-refractivity contribution in [3.05, 3.63) is 0 Å². The topological polar surface area (TPSA) is 49.4 Å². The lowest BCUT2D eigenvalue weighted by Gasteiger charge is -2.36. The molecule has 14 heavy (non-hydrogen) atoms. The minimum Gasteiger partial charge on any atom is -0.327 e. The Kier molecular flexibility index (Phi) is 2.82. The van der Waals surface area contributed by atoms with Crippen molar-refractivity contribution in [2.45, 2.75) is 38.3 Å². The Morgan fingerprint density at radius 1 is 1.21 bits per heavy atom. The minimum absolute atomic E-state index is 0.0240. The van der Waals surface area contributed by atoms with Crippen LogP contribution in [0.1, 0.15) is 32.1 Å². The number of piperidine rings is 2. The number of rotatable bonds is 1. The summed E-state index contributed by atoms with van der Waals surface area (Å²) in [5, 5.41) is 3.23. The van der Waals surface area contributed by atoms with E-state index < -0.39 is 0 Å². The number of carbonyl (C=O) groups excluding carboxylic acids is 2. The molecule has 2 aliphatic rings. The largest absolute Gasteiger partial charge is 0.327 e. The first-order chi connectivity index (χ1) is 6.77. The predicted molar refractivity (Wildman–Crippen MR) is 51.6 cm³/mol. The van der Waals surface area contributed by atoms with Crippen molar-refractivity contribution in [3.8, 4) is 0 Å². The van der Waals surface area contributed by atoms with Crippen molar-refractivity contribution in [1.82, 2.24) is 10.2 Å². The molecule has 4 heteroatoms. The zero-order chi connectivity index (χ0) is 9.97. The molecule has 2 aliphatic heterocycles. The second-order valence-corrected chi connectivity index (χ2v) is 4.01. The highest BCUT2D eigenvalue weighted by atomic mass is 16.2. The summed E-state index contributed by atoms with van der Waals surface area (Å²) in [6.45, 7) is 1.52. The molecule has 0 aromatic heterocycles. The SMILES string of the molecule is O=C1CCNC(N2CCCCC2=O)C1.